The molecule has 0 saturated carbocycles. The maximum atomic E-state index is 2.57. The van der Waals surface area contributed by atoms with Crippen molar-refractivity contribution in [2.45, 2.75) is 38.5 Å². The van der Waals surface area contributed by atoms with Gasteiger partial charge in [0.15, 0.2) is 0 Å². The van der Waals surface area contributed by atoms with Crippen LogP contribution >= 0.6 is 0 Å². The number of nitrogens with zero attached hydrogens (tertiary/aromatic N) is 2. The highest BCUT2D eigenvalue weighted by molar-refractivity contribution is 7.00. The molecule has 2 nitrogen and oxygen atoms in total. The predicted molar refractivity (Wildman–Crippen MR) is 346 cm³/mol. The van der Waals surface area contributed by atoms with Gasteiger partial charge in [0.1, 0.15) is 0 Å². The molecule has 0 amide bonds. The van der Waals surface area contributed by atoms with Gasteiger partial charge in [-0.05, 0) is 153 Å². The van der Waals surface area contributed by atoms with Crippen molar-refractivity contribution in [3.8, 4) is 33.4 Å². The second-order valence-electron chi connectivity index (χ2n) is 23.2. The van der Waals surface area contributed by atoms with Crippen LogP contribution in [-0.4, -0.2) is 6.71 Å². The summed E-state index contributed by atoms with van der Waals surface area (Å²) in [6, 6.07) is 107. The lowest BCUT2D eigenvalue weighted by Gasteiger charge is -2.45. The molecule has 0 bridgehead atoms. The van der Waals surface area contributed by atoms with Crippen molar-refractivity contribution in [1.82, 2.24) is 0 Å². The van der Waals surface area contributed by atoms with E-state index < -0.39 is 0 Å². The molecule has 0 fully saturated rings. The molecule has 0 spiro atoms. The SMILES string of the molecule is CC(C)(c1ccccc1)c1ccc2c(c1)B1c3cc(C(C)(C)c4ccccc4)ccc3N(c3ccccc3)c3cc(-c4c5ccccc5c(-c5ccc(-c6cccc7ccccc67)cc5)c5ccccc45)cc(c31)N2c1ccccc1. The molecule has 0 N–H and O–H groups in total. The van der Waals surface area contributed by atoms with Crippen LogP contribution < -0.4 is 26.2 Å². The lowest BCUT2D eigenvalue weighted by Crippen LogP contribution is -2.61. The highest BCUT2D eigenvalue weighted by Crippen LogP contribution is 2.51. The third kappa shape index (κ3) is 7.78. The van der Waals surface area contributed by atoms with Crippen molar-refractivity contribution in [2.24, 2.45) is 0 Å². The summed E-state index contributed by atoms with van der Waals surface area (Å²) < 4.78 is 0. The van der Waals surface area contributed by atoms with Crippen molar-refractivity contribution < 1.29 is 0 Å². The third-order valence-corrected chi connectivity index (χ3v) is 18.0. The lowest BCUT2D eigenvalue weighted by atomic mass is 9.33. The number of anilines is 6. The maximum absolute atomic E-state index is 2.57. The Kier molecular flexibility index (Phi) is 11.4. The van der Waals surface area contributed by atoms with Crippen LogP contribution in [0.3, 0.4) is 0 Å². The number of hydrogen-bond donors (Lipinski definition) is 0. The largest absolute Gasteiger partial charge is 0.311 e. The molecule has 0 aliphatic carbocycles. The molecule has 81 heavy (non-hydrogen) atoms. The van der Waals surface area contributed by atoms with Crippen molar-refractivity contribution in [3.05, 3.63) is 307 Å². The molecule has 13 aromatic rings. The van der Waals surface area contributed by atoms with Gasteiger partial charge in [0.25, 0.3) is 6.71 Å². The summed E-state index contributed by atoms with van der Waals surface area (Å²) in [7, 11) is 0. The smallest absolute Gasteiger partial charge is 0.252 e. The first-order valence-corrected chi connectivity index (χ1v) is 28.5. The van der Waals surface area contributed by atoms with Gasteiger partial charge in [-0.3, -0.25) is 0 Å². The molecular weight excluding hydrogens is 976 g/mol. The number of hydrogen-bond acceptors (Lipinski definition) is 2. The molecule has 0 unspecified atom stereocenters. The highest BCUT2D eigenvalue weighted by atomic mass is 15.2. The molecule has 0 saturated heterocycles. The van der Waals surface area contributed by atoms with Gasteiger partial charge in [-0.25, -0.2) is 0 Å². The van der Waals surface area contributed by atoms with Gasteiger partial charge < -0.3 is 9.80 Å². The van der Waals surface area contributed by atoms with E-state index in [1.807, 2.05) is 0 Å². The van der Waals surface area contributed by atoms with E-state index in [1.54, 1.807) is 0 Å². The van der Waals surface area contributed by atoms with E-state index in [2.05, 4.69) is 323 Å². The molecular formula is C78H59BN2. The van der Waals surface area contributed by atoms with E-state index >= 15 is 0 Å². The van der Waals surface area contributed by atoms with Crippen LogP contribution in [0.5, 0.6) is 0 Å². The monoisotopic (exact) mass is 1030 g/mol. The Balaban J connectivity index is 1.01. The first-order valence-electron chi connectivity index (χ1n) is 28.5. The summed E-state index contributed by atoms with van der Waals surface area (Å²) in [5.74, 6) is 0. The molecule has 3 heteroatoms. The minimum Gasteiger partial charge on any atom is -0.311 e. The van der Waals surface area contributed by atoms with E-state index in [0.717, 1.165) is 11.4 Å². The molecule has 0 atom stereocenters. The fourth-order valence-electron chi connectivity index (χ4n) is 13.7. The van der Waals surface area contributed by atoms with E-state index in [-0.39, 0.29) is 17.5 Å². The van der Waals surface area contributed by atoms with Crippen LogP contribution in [0, 0.1) is 0 Å². The van der Waals surface area contributed by atoms with E-state index in [9.17, 15) is 0 Å². The zero-order valence-corrected chi connectivity index (χ0v) is 46.1. The molecule has 0 aromatic heterocycles. The zero-order valence-electron chi connectivity index (χ0n) is 46.1. The van der Waals surface area contributed by atoms with Gasteiger partial charge in [0.05, 0.1) is 0 Å². The minimum absolute atomic E-state index is 0.0975. The highest BCUT2D eigenvalue weighted by Gasteiger charge is 2.45. The lowest BCUT2D eigenvalue weighted by molar-refractivity contribution is 0.641. The fourth-order valence-corrected chi connectivity index (χ4v) is 13.7. The Labute approximate surface area is 476 Å². The topological polar surface area (TPSA) is 6.48 Å². The second kappa shape index (κ2) is 19.0. The Morgan fingerprint density at radius 2 is 0.667 bits per heavy atom. The van der Waals surface area contributed by atoms with Gasteiger partial charge in [-0.2, -0.15) is 0 Å². The number of fused-ring (bicyclic) bond motifs is 7. The fraction of sp³-hybridized carbons (Fsp3) is 0.0769. The predicted octanol–water partition coefficient (Wildman–Crippen LogP) is 18.9. The van der Waals surface area contributed by atoms with Crippen molar-refractivity contribution in [3.63, 3.8) is 0 Å². The second-order valence-corrected chi connectivity index (χ2v) is 23.2. The molecule has 0 radical (unpaired) electrons. The quantitative estimate of drug-likeness (QED) is 0.105. The molecule has 2 heterocycles. The average Bonchev–Trinajstić information content (AvgIpc) is 3.69. The zero-order chi connectivity index (χ0) is 54.4. The van der Waals surface area contributed by atoms with E-state index in [0.29, 0.717) is 0 Å². The van der Waals surface area contributed by atoms with Crippen molar-refractivity contribution in [1.29, 1.82) is 0 Å². The first kappa shape index (κ1) is 48.4. The third-order valence-electron chi connectivity index (χ3n) is 18.0. The standard InChI is InChI=1S/C78H59BN2/c1-77(2,56-26-9-5-10-27-56)58-44-46-70-68(50-58)79-69-51-59(78(3,4)57-28-11-6-12-29-57)45-47-71(69)81(61-32-15-8-16-33-61)73-49-55(48-72(76(73)79)80(70)60-30-13-7-14-31-60)75-66-37-21-19-35-64(66)74(65-36-20-22-38-67(65)75)54-42-40-53(41-43-54)63-39-23-25-52-24-17-18-34-62(52)63/h5-51H,1-4H3. The average molecular weight is 1040 g/mol. The van der Waals surface area contributed by atoms with Crippen LogP contribution in [0.2, 0.25) is 0 Å². The summed E-state index contributed by atoms with van der Waals surface area (Å²) in [5, 5.41) is 7.41. The molecule has 15 rings (SSSR count). The summed E-state index contributed by atoms with van der Waals surface area (Å²) in [4.78, 5) is 5.13. The summed E-state index contributed by atoms with van der Waals surface area (Å²) in [5.41, 5.74) is 22.8. The van der Waals surface area contributed by atoms with Gasteiger partial charge in [-0.15, -0.1) is 0 Å². The van der Waals surface area contributed by atoms with E-state index in [4.69, 9.17) is 0 Å². The van der Waals surface area contributed by atoms with Crippen LogP contribution in [0.15, 0.2) is 285 Å². The molecule has 13 aromatic carbocycles. The van der Waals surface area contributed by atoms with Gasteiger partial charge in [-0.1, -0.05) is 264 Å². The summed E-state index contributed by atoms with van der Waals surface area (Å²) >= 11 is 0. The summed E-state index contributed by atoms with van der Waals surface area (Å²) in [6.07, 6.45) is 0. The van der Waals surface area contributed by atoms with Gasteiger partial charge >= 0.3 is 0 Å². The van der Waals surface area contributed by atoms with Crippen LogP contribution in [0.4, 0.5) is 34.1 Å². The Bertz CT molecular complexity index is 4340. The Morgan fingerprint density at radius 1 is 0.284 bits per heavy atom. The van der Waals surface area contributed by atoms with Crippen molar-refractivity contribution in [2.75, 3.05) is 9.80 Å². The molecule has 384 valence electrons. The molecule has 2 aliphatic rings. The van der Waals surface area contributed by atoms with Crippen LogP contribution in [0.25, 0.3) is 65.7 Å². The normalized spacial score (nSPS) is 12.9. The maximum Gasteiger partial charge on any atom is 0.252 e. The van der Waals surface area contributed by atoms with Crippen LogP contribution in [-0.2, 0) is 10.8 Å². The summed E-state index contributed by atoms with van der Waals surface area (Å²) in [6.45, 7) is 9.41. The van der Waals surface area contributed by atoms with E-state index in [1.165, 1.54) is 127 Å². The molecule has 2 aliphatic heterocycles. The Morgan fingerprint density at radius 3 is 1.14 bits per heavy atom. The van der Waals surface area contributed by atoms with Gasteiger partial charge in [0, 0.05) is 45.0 Å². The Hall–Kier alpha value is -9.70. The minimum atomic E-state index is -0.265. The van der Waals surface area contributed by atoms with Crippen molar-refractivity contribution >= 4 is 89.5 Å². The number of rotatable bonds is 9. The first-order chi connectivity index (χ1) is 39.7. The van der Waals surface area contributed by atoms with Gasteiger partial charge in [0.2, 0.25) is 0 Å². The number of benzene rings is 13. The van der Waals surface area contributed by atoms with Crippen LogP contribution in [0.1, 0.15) is 49.9 Å². The number of para-hydroxylation sites is 2.